The Hall–Kier alpha value is -1.40. The highest BCUT2D eigenvalue weighted by Gasteiger charge is 2.64. The summed E-state index contributed by atoms with van der Waals surface area (Å²) in [6.07, 6.45) is 4.22. The molecule has 0 saturated carbocycles. The highest BCUT2D eigenvalue weighted by atomic mass is 16.8. The zero-order valence-corrected chi connectivity index (χ0v) is 13.7. The first kappa shape index (κ1) is 15.1. The summed E-state index contributed by atoms with van der Waals surface area (Å²) in [6.45, 7) is 4.31. The minimum Gasteiger partial charge on any atom is -0.497 e. The van der Waals surface area contributed by atoms with Gasteiger partial charge in [-0.2, -0.15) is 0 Å². The van der Waals surface area contributed by atoms with Crippen molar-refractivity contribution in [1.29, 1.82) is 0 Å². The lowest BCUT2D eigenvalue weighted by molar-refractivity contribution is -0.228. The van der Waals surface area contributed by atoms with E-state index in [0.29, 0.717) is 6.61 Å². The molecule has 0 radical (unpaired) electrons. The Morgan fingerprint density at radius 3 is 2.70 bits per heavy atom. The molecule has 124 valence electrons. The molecule has 2 aliphatic heterocycles. The molecule has 1 aromatic rings. The van der Waals surface area contributed by atoms with E-state index in [1.54, 1.807) is 7.11 Å². The van der Waals surface area contributed by atoms with E-state index in [4.69, 9.17) is 23.7 Å². The fourth-order valence-electron chi connectivity index (χ4n) is 3.56. The molecule has 0 amide bonds. The second-order valence-corrected chi connectivity index (χ2v) is 6.71. The van der Waals surface area contributed by atoms with Crippen LogP contribution in [-0.4, -0.2) is 37.0 Å². The van der Waals surface area contributed by atoms with E-state index in [0.717, 1.165) is 17.7 Å². The first-order chi connectivity index (χ1) is 11.0. The van der Waals surface area contributed by atoms with Crippen molar-refractivity contribution in [3.05, 3.63) is 42.0 Å². The van der Waals surface area contributed by atoms with Gasteiger partial charge >= 0.3 is 0 Å². The normalized spacial score (nSPS) is 36.9. The Bertz CT molecular complexity index is 608. The van der Waals surface area contributed by atoms with Gasteiger partial charge in [-0.25, -0.2) is 0 Å². The van der Waals surface area contributed by atoms with E-state index in [9.17, 15) is 0 Å². The Morgan fingerprint density at radius 1 is 1.17 bits per heavy atom. The summed E-state index contributed by atoms with van der Waals surface area (Å²) in [5.41, 5.74) is 0.589. The van der Waals surface area contributed by atoms with Gasteiger partial charge in [0.1, 0.15) is 23.6 Å². The second kappa shape index (κ2) is 5.31. The van der Waals surface area contributed by atoms with Gasteiger partial charge in [-0.1, -0.05) is 24.3 Å². The summed E-state index contributed by atoms with van der Waals surface area (Å²) >= 11 is 0. The minimum absolute atomic E-state index is 0.119. The molecule has 0 spiro atoms. The van der Waals surface area contributed by atoms with Crippen LogP contribution in [0.2, 0.25) is 0 Å². The lowest BCUT2D eigenvalue weighted by Gasteiger charge is -2.33. The van der Waals surface area contributed by atoms with Gasteiger partial charge in [-0.15, -0.1) is 0 Å². The molecule has 0 unspecified atom stereocenters. The predicted octanol–water partition coefficient (Wildman–Crippen LogP) is 2.79. The van der Waals surface area contributed by atoms with Crippen LogP contribution >= 0.6 is 0 Å². The lowest BCUT2D eigenvalue weighted by Crippen LogP contribution is -2.48. The van der Waals surface area contributed by atoms with Crippen molar-refractivity contribution >= 4 is 0 Å². The van der Waals surface area contributed by atoms with Crippen LogP contribution in [0.4, 0.5) is 0 Å². The zero-order chi connectivity index (χ0) is 16.1. The Morgan fingerprint density at radius 2 is 1.96 bits per heavy atom. The Balaban J connectivity index is 1.51. The van der Waals surface area contributed by atoms with Crippen molar-refractivity contribution in [1.82, 2.24) is 0 Å². The molecule has 0 N–H and O–H groups in total. The molecule has 3 aliphatic rings. The van der Waals surface area contributed by atoms with E-state index < -0.39 is 11.4 Å². The maximum Gasteiger partial charge on any atom is 0.190 e. The Kier molecular flexibility index (Phi) is 3.50. The number of ether oxygens (including phenoxy) is 5. The third-order valence-electron chi connectivity index (χ3n) is 4.72. The predicted molar refractivity (Wildman–Crippen MR) is 83.0 cm³/mol. The standard InChI is InChI=1S/C18H22O5/c1-17(2)22-15-16(23-17)21-14-5-4-10-18(14,15)20-11-12-6-8-13(19-3)9-7-12/h4-9,14-16H,10-11H2,1-3H3/t14-,15+,16-,18-/m1/s1. The molecule has 2 fully saturated rings. The number of benzene rings is 1. The summed E-state index contributed by atoms with van der Waals surface area (Å²) in [5, 5.41) is 0. The molecule has 0 bridgehead atoms. The highest BCUT2D eigenvalue weighted by Crippen LogP contribution is 2.49. The van der Waals surface area contributed by atoms with Crippen molar-refractivity contribution in [2.45, 2.75) is 56.8 Å². The third-order valence-corrected chi connectivity index (χ3v) is 4.72. The second-order valence-electron chi connectivity index (χ2n) is 6.71. The number of hydrogen-bond acceptors (Lipinski definition) is 5. The van der Waals surface area contributed by atoms with Crippen LogP contribution < -0.4 is 4.74 Å². The van der Waals surface area contributed by atoms with Crippen molar-refractivity contribution in [2.24, 2.45) is 0 Å². The first-order valence-electron chi connectivity index (χ1n) is 7.97. The van der Waals surface area contributed by atoms with Crippen LogP contribution in [-0.2, 0) is 25.6 Å². The summed E-state index contributed by atoms with van der Waals surface area (Å²) in [7, 11) is 1.66. The van der Waals surface area contributed by atoms with Gasteiger partial charge in [-0.3, -0.25) is 0 Å². The van der Waals surface area contributed by atoms with Gasteiger partial charge in [-0.05, 0) is 31.5 Å². The maximum atomic E-state index is 6.35. The number of rotatable bonds is 4. The fourth-order valence-corrected chi connectivity index (χ4v) is 3.56. The number of methoxy groups -OCH3 is 1. The summed E-state index contributed by atoms with van der Waals surface area (Å²) in [6, 6.07) is 7.89. The lowest BCUT2D eigenvalue weighted by atomic mass is 9.93. The summed E-state index contributed by atoms with van der Waals surface area (Å²) in [5.74, 6) is 0.199. The molecule has 2 saturated heterocycles. The van der Waals surface area contributed by atoms with Crippen LogP contribution in [0.3, 0.4) is 0 Å². The van der Waals surface area contributed by atoms with Crippen LogP contribution in [0.1, 0.15) is 25.8 Å². The van der Waals surface area contributed by atoms with Crippen molar-refractivity contribution in [3.63, 3.8) is 0 Å². The summed E-state index contributed by atoms with van der Waals surface area (Å²) in [4.78, 5) is 0. The van der Waals surface area contributed by atoms with E-state index >= 15 is 0 Å². The minimum atomic E-state index is -0.640. The monoisotopic (exact) mass is 318 g/mol. The molecule has 2 heterocycles. The first-order valence-corrected chi connectivity index (χ1v) is 7.97. The summed E-state index contributed by atoms with van der Waals surface area (Å²) < 4.78 is 29.5. The smallest absolute Gasteiger partial charge is 0.190 e. The molecule has 1 aromatic carbocycles. The van der Waals surface area contributed by atoms with E-state index in [2.05, 4.69) is 6.08 Å². The van der Waals surface area contributed by atoms with Crippen molar-refractivity contribution < 1.29 is 23.7 Å². The number of hydrogen-bond donors (Lipinski definition) is 0. The molecular formula is C18H22O5. The number of fused-ring (bicyclic) bond motifs is 3. The molecule has 4 atom stereocenters. The van der Waals surface area contributed by atoms with Crippen LogP contribution in [0.15, 0.2) is 36.4 Å². The van der Waals surface area contributed by atoms with Gasteiger partial charge in [0, 0.05) is 6.42 Å². The van der Waals surface area contributed by atoms with Crippen molar-refractivity contribution in [3.8, 4) is 5.75 Å². The molecular weight excluding hydrogens is 296 g/mol. The van der Waals surface area contributed by atoms with Gasteiger partial charge in [0.2, 0.25) is 0 Å². The maximum absolute atomic E-state index is 6.35. The quantitative estimate of drug-likeness (QED) is 0.799. The van der Waals surface area contributed by atoms with Gasteiger partial charge in [0.25, 0.3) is 0 Å². The average molecular weight is 318 g/mol. The molecule has 23 heavy (non-hydrogen) atoms. The Labute approximate surface area is 136 Å². The van der Waals surface area contributed by atoms with E-state index in [1.165, 1.54) is 0 Å². The highest BCUT2D eigenvalue weighted by molar-refractivity contribution is 5.27. The molecule has 0 aromatic heterocycles. The zero-order valence-electron chi connectivity index (χ0n) is 13.7. The third kappa shape index (κ3) is 2.48. The van der Waals surface area contributed by atoms with Gasteiger partial charge in [0.05, 0.1) is 13.7 Å². The molecule has 5 heteroatoms. The average Bonchev–Trinajstić information content (AvgIpc) is 3.13. The van der Waals surface area contributed by atoms with Crippen LogP contribution in [0, 0.1) is 0 Å². The molecule has 4 rings (SSSR count). The van der Waals surface area contributed by atoms with E-state index in [-0.39, 0.29) is 18.5 Å². The van der Waals surface area contributed by atoms with Crippen molar-refractivity contribution in [2.75, 3.05) is 7.11 Å². The largest absolute Gasteiger partial charge is 0.497 e. The SMILES string of the molecule is COc1ccc(CO[C@]23CC=C[C@H]2O[C@@H]2OC(C)(C)O[C@@H]23)cc1. The molecule has 1 aliphatic carbocycles. The molecule has 5 nitrogen and oxygen atoms in total. The fraction of sp³-hybridized carbons (Fsp3) is 0.556. The van der Waals surface area contributed by atoms with Gasteiger partial charge in [0.15, 0.2) is 12.1 Å². The van der Waals surface area contributed by atoms with Gasteiger partial charge < -0.3 is 23.7 Å². The van der Waals surface area contributed by atoms with Crippen LogP contribution in [0.25, 0.3) is 0 Å². The van der Waals surface area contributed by atoms with E-state index in [1.807, 2.05) is 44.2 Å². The topological polar surface area (TPSA) is 46.2 Å². The van der Waals surface area contributed by atoms with Crippen LogP contribution in [0.5, 0.6) is 5.75 Å².